The lowest BCUT2D eigenvalue weighted by molar-refractivity contribution is 0.588. The summed E-state index contributed by atoms with van der Waals surface area (Å²) in [6, 6.07) is 11.6. The molecule has 2 aromatic carbocycles. The lowest BCUT2D eigenvalue weighted by Crippen LogP contribution is -2.14. The minimum absolute atomic E-state index is 0.167. The average molecular weight is 437 g/mol. The highest BCUT2D eigenvalue weighted by Gasteiger charge is 2.27. The first-order valence-corrected chi connectivity index (χ1v) is 10.8. The smallest absolute Gasteiger partial charge is 0.268 e. The Hall–Kier alpha value is -3.34. The molecule has 4 aromatic rings. The van der Waals surface area contributed by atoms with Crippen LogP contribution in [-0.2, 0) is 10.0 Å². The third-order valence-electron chi connectivity index (χ3n) is 5.05. The second kappa shape index (κ2) is 7.17. The fourth-order valence-electron chi connectivity index (χ4n) is 3.63. The number of nitrogens with two attached hydrogens (primary N) is 1. The van der Waals surface area contributed by atoms with E-state index in [-0.39, 0.29) is 15.6 Å². The van der Waals surface area contributed by atoms with E-state index >= 15 is 0 Å². The molecular formula is C22H17ClN4O2S. The summed E-state index contributed by atoms with van der Waals surface area (Å²) in [5, 5.41) is 0.882. The number of rotatable bonds is 3. The fourth-order valence-corrected chi connectivity index (χ4v) is 5.40. The highest BCUT2D eigenvalue weighted by Crippen LogP contribution is 2.42. The number of halogens is 1. The molecule has 0 saturated heterocycles. The first-order valence-electron chi connectivity index (χ1n) is 9.00. The molecule has 0 bridgehead atoms. The molecule has 0 fully saturated rings. The number of hydrogen-bond acceptors (Lipinski definition) is 4. The van der Waals surface area contributed by atoms with Crippen molar-refractivity contribution in [2.45, 2.75) is 18.7 Å². The van der Waals surface area contributed by atoms with Gasteiger partial charge in [-0.3, -0.25) is 4.98 Å². The van der Waals surface area contributed by atoms with Gasteiger partial charge in [0, 0.05) is 23.0 Å². The molecule has 2 heterocycles. The second-order valence-corrected chi connectivity index (χ2v) is 9.07. The Morgan fingerprint density at radius 1 is 1.13 bits per heavy atom. The molecule has 4 rings (SSSR count). The van der Waals surface area contributed by atoms with Gasteiger partial charge in [0.25, 0.3) is 10.0 Å². The summed E-state index contributed by atoms with van der Waals surface area (Å²) >= 11 is 6.46. The molecule has 0 unspecified atom stereocenters. The Balaban J connectivity index is 2.19. The van der Waals surface area contributed by atoms with Crippen molar-refractivity contribution in [3.63, 3.8) is 0 Å². The summed E-state index contributed by atoms with van der Waals surface area (Å²) in [6.45, 7) is 11.0. The van der Waals surface area contributed by atoms with Crippen LogP contribution in [0.5, 0.6) is 0 Å². The van der Waals surface area contributed by atoms with Crippen LogP contribution in [0.25, 0.3) is 26.9 Å². The number of nitrogen functional groups attached to an aromatic ring is 1. The van der Waals surface area contributed by atoms with Crippen LogP contribution >= 0.6 is 11.6 Å². The van der Waals surface area contributed by atoms with Crippen molar-refractivity contribution in [3.8, 4) is 11.1 Å². The van der Waals surface area contributed by atoms with E-state index in [2.05, 4.69) is 9.83 Å². The van der Waals surface area contributed by atoms with Crippen molar-refractivity contribution < 1.29 is 8.42 Å². The maximum Gasteiger partial charge on any atom is 0.268 e. The van der Waals surface area contributed by atoms with Crippen molar-refractivity contribution in [1.82, 2.24) is 8.96 Å². The topological polar surface area (TPSA) is 82.3 Å². The summed E-state index contributed by atoms with van der Waals surface area (Å²) in [5.74, 6) is 0. The lowest BCUT2D eigenvalue weighted by atomic mass is 10.0. The number of aryl methyl sites for hydroxylation is 1. The van der Waals surface area contributed by atoms with Gasteiger partial charge in [0.2, 0.25) is 0 Å². The third kappa shape index (κ3) is 2.93. The second-order valence-electron chi connectivity index (χ2n) is 6.90. The van der Waals surface area contributed by atoms with Crippen LogP contribution in [0.2, 0.25) is 5.02 Å². The predicted octanol–water partition coefficient (Wildman–Crippen LogP) is 5.34. The molecule has 2 aromatic heterocycles. The van der Waals surface area contributed by atoms with Crippen molar-refractivity contribution >= 4 is 43.9 Å². The number of nitrogens with zero attached hydrogens (tertiary/aromatic N) is 3. The molecule has 6 nitrogen and oxygen atoms in total. The summed E-state index contributed by atoms with van der Waals surface area (Å²) in [6.07, 6.45) is 2.99. The van der Waals surface area contributed by atoms with E-state index in [0.29, 0.717) is 39.0 Å². The highest BCUT2D eigenvalue weighted by molar-refractivity contribution is 7.90. The number of aromatic nitrogens is 2. The number of pyridine rings is 1. The average Bonchev–Trinajstić information content (AvgIpc) is 3.01. The summed E-state index contributed by atoms with van der Waals surface area (Å²) in [4.78, 5) is 7.87. The monoisotopic (exact) mass is 436 g/mol. The van der Waals surface area contributed by atoms with Crippen LogP contribution in [0.3, 0.4) is 0 Å². The van der Waals surface area contributed by atoms with E-state index in [0.717, 1.165) is 0 Å². The zero-order valence-electron chi connectivity index (χ0n) is 16.2. The van der Waals surface area contributed by atoms with Crippen molar-refractivity contribution in [3.05, 3.63) is 82.6 Å². The van der Waals surface area contributed by atoms with Crippen molar-refractivity contribution in [1.29, 1.82) is 0 Å². The molecule has 8 heteroatoms. The van der Waals surface area contributed by atoms with Crippen LogP contribution in [-0.4, -0.2) is 17.4 Å². The molecule has 30 heavy (non-hydrogen) atoms. The van der Waals surface area contributed by atoms with E-state index < -0.39 is 10.0 Å². The van der Waals surface area contributed by atoms with Crippen LogP contribution in [0.15, 0.2) is 59.8 Å². The van der Waals surface area contributed by atoms with Crippen LogP contribution in [0, 0.1) is 20.4 Å². The zero-order valence-corrected chi connectivity index (χ0v) is 17.8. The Kier molecular flexibility index (Phi) is 4.77. The standard InChI is InChI=1S/C22H17ClN4O2S/c1-13-9-20-16(10-19(13)25-3)21(17-11-26-12-18(24)22(17)23)14(2)27(20)30(28,29)15-7-5-4-6-8-15/h4-12H,24H2,1-2H3. The largest absolute Gasteiger partial charge is 0.396 e. The van der Waals surface area contributed by atoms with Gasteiger partial charge in [0.1, 0.15) is 0 Å². The first-order chi connectivity index (χ1) is 14.3. The number of benzene rings is 2. The van der Waals surface area contributed by atoms with Gasteiger partial charge in [-0.05, 0) is 49.1 Å². The van der Waals surface area contributed by atoms with Crippen LogP contribution in [0.1, 0.15) is 11.3 Å². The molecule has 0 aliphatic carbocycles. The first kappa shape index (κ1) is 20.0. The molecule has 0 aliphatic heterocycles. The normalized spacial score (nSPS) is 11.5. The van der Waals surface area contributed by atoms with Gasteiger partial charge in [-0.2, -0.15) is 0 Å². The molecule has 150 valence electrons. The minimum atomic E-state index is -3.90. The van der Waals surface area contributed by atoms with E-state index in [1.807, 2.05) is 0 Å². The van der Waals surface area contributed by atoms with Gasteiger partial charge >= 0.3 is 0 Å². The molecule has 0 amide bonds. The van der Waals surface area contributed by atoms with Gasteiger partial charge in [-0.15, -0.1) is 0 Å². The van der Waals surface area contributed by atoms with E-state index in [1.165, 1.54) is 10.2 Å². The van der Waals surface area contributed by atoms with E-state index in [1.54, 1.807) is 62.5 Å². The molecule has 2 N–H and O–H groups in total. The maximum atomic E-state index is 13.6. The van der Waals surface area contributed by atoms with Crippen LogP contribution < -0.4 is 5.73 Å². The fraction of sp³-hybridized carbons (Fsp3) is 0.0909. The Morgan fingerprint density at radius 2 is 1.83 bits per heavy atom. The lowest BCUT2D eigenvalue weighted by Gasteiger charge is -2.11. The predicted molar refractivity (Wildman–Crippen MR) is 119 cm³/mol. The Labute approximate surface area is 179 Å². The van der Waals surface area contributed by atoms with Gasteiger partial charge in [0.05, 0.1) is 33.9 Å². The third-order valence-corrected chi connectivity index (χ3v) is 7.29. The molecular weight excluding hydrogens is 420 g/mol. The molecule has 0 spiro atoms. The molecule has 0 atom stereocenters. The molecule has 0 radical (unpaired) electrons. The molecule has 0 saturated carbocycles. The summed E-state index contributed by atoms with van der Waals surface area (Å²) < 4.78 is 28.4. The molecule has 0 aliphatic rings. The van der Waals surface area contributed by atoms with Gasteiger partial charge in [-0.25, -0.2) is 17.2 Å². The van der Waals surface area contributed by atoms with Crippen molar-refractivity contribution in [2.24, 2.45) is 0 Å². The van der Waals surface area contributed by atoms with Crippen molar-refractivity contribution in [2.75, 3.05) is 5.73 Å². The number of fused-ring (bicyclic) bond motifs is 1. The van der Waals surface area contributed by atoms with Gasteiger partial charge in [0.15, 0.2) is 5.69 Å². The van der Waals surface area contributed by atoms with E-state index in [9.17, 15) is 8.42 Å². The highest BCUT2D eigenvalue weighted by atomic mass is 35.5. The van der Waals surface area contributed by atoms with Gasteiger partial charge in [-0.1, -0.05) is 29.8 Å². The Bertz CT molecular complexity index is 1450. The summed E-state index contributed by atoms with van der Waals surface area (Å²) in [5.41, 5.74) is 9.38. The number of hydrogen-bond donors (Lipinski definition) is 1. The maximum absolute atomic E-state index is 13.6. The summed E-state index contributed by atoms with van der Waals surface area (Å²) in [7, 11) is -3.90. The Morgan fingerprint density at radius 3 is 2.50 bits per heavy atom. The number of anilines is 1. The minimum Gasteiger partial charge on any atom is -0.396 e. The zero-order chi connectivity index (χ0) is 21.6. The van der Waals surface area contributed by atoms with Gasteiger partial charge < -0.3 is 5.73 Å². The SMILES string of the molecule is [C-]#[N+]c1cc2c(-c3cncc(N)c3Cl)c(C)n(S(=O)(=O)c3ccccc3)c2cc1C. The quantitative estimate of drug-likeness (QED) is 0.439. The van der Waals surface area contributed by atoms with E-state index in [4.69, 9.17) is 23.9 Å². The van der Waals surface area contributed by atoms with Crippen LogP contribution in [0.4, 0.5) is 11.4 Å².